The molecule has 1 atom stereocenters. The molecule has 0 radical (unpaired) electrons. The molecule has 0 bridgehead atoms. The molecule has 1 fully saturated rings. The summed E-state index contributed by atoms with van der Waals surface area (Å²) < 4.78 is 10.9. The third-order valence-electron chi connectivity index (χ3n) is 7.26. The highest BCUT2D eigenvalue weighted by Crippen LogP contribution is 2.51. The minimum absolute atomic E-state index is 0.0290. The van der Waals surface area contributed by atoms with E-state index in [4.69, 9.17) is 9.47 Å². The first-order chi connectivity index (χ1) is 17.9. The Labute approximate surface area is 216 Å². The number of aliphatic hydroxyl groups is 1. The predicted octanol–water partition coefficient (Wildman–Crippen LogP) is 4.95. The van der Waals surface area contributed by atoms with E-state index in [0.717, 1.165) is 53.6 Å². The number of aryl methyl sites for hydroxylation is 1. The van der Waals surface area contributed by atoms with Crippen LogP contribution in [-0.2, 0) is 10.2 Å². The lowest BCUT2D eigenvalue weighted by Gasteiger charge is -2.18. The van der Waals surface area contributed by atoms with E-state index in [9.17, 15) is 14.7 Å². The molecule has 2 amide bonds. The molecule has 192 valence electrons. The minimum atomic E-state index is -0.550. The Hall–Kier alpha value is -3.84. The topological polar surface area (TPSA) is 96.9 Å². The van der Waals surface area contributed by atoms with Gasteiger partial charge in [0.05, 0.1) is 18.1 Å². The Balaban J connectivity index is 1.31. The van der Waals surface area contributed by atoms with Gasteiger partial charge in [0.25, 0.3) is 5.91 Å². The molecule has 2 aliphatic rings. The van der Waals surface area contributed by atoms with Gasteiger partial charge in [-0.05, 0) is 84.8 Å². The van der Waals surface area contributed by atoms with Gasteiger partial charge in [0.15, 0.2) is 11.5 Å². The lowest BCUT2D eigenvalue weighted by molar-refractivity contribution is -0.118. The highest BCUT2D eigenvalue weighted by molar-refractivity contribution is 6.02. The normalized spacial score (nSPS) is 15.6. The summed E-state index contributed by atoms with van der Waals surface area (Å²) in [7, 11) is 0. The van der Waals surface area contributed by atoms with Gasteiger partial charge in [-0.3, -0.25) is 9.59 Å². The van der Waals surface area contributed by atoms with Crippen molar-refractivity contribution in [1.29, 1.82) is 0 Å². The molecule has 1 aliphatic carbocycles. The molecule has 37 heavy (non-hydrogen) atoms. The van der Waals surface area contributed by atoms with E-state index in [1.54, 1.807) is 12.1 Å². The van der Waals surface area contributed by atoms with Crippen LogP contribution in [0, 0.1) is 6.92 Å². The van der Waals surface area contributed by atoms with Crippen molar-refractivity contribution in [3.63, 3.8) is 0 Å². The van der Waals surface area contributed by atoms with E-state index < -0.39 is 5.41 Å². The number of hydrogen-bond acceptors (Lipinski definition) is 5. The number of aliphatic hydroxyl groups excluding tert-OH is 1. The van der Waals surface area contributed by atoms with Crippen LogP contribution in [0.15, 0.2) is 60.7 Å². The zero-order valence-corrected chi connectivity index (χ0v) is 21.2. The highest BCUT2D eigenvalue weighted by atomic mass is 16.7. The number of carbonyl (C=O) groups is 2. The molecule has 0 aromatic heterocycles. The first kappa shape index (κ1) is 24.8. The molecule has 0 spiro atoms. The molecule has 3 aromatic rings. The average molecular weight is 501 g/mol. The van der Waals surface area contributed by atoms with Crippen molar-refractivity contribution in [2.45, 2.75) is 51.0 Å². The Kier molecular flexibility index (Phi) is 6.89. The molecule has 1 heterocycles. The number of hydrogen-bond donors (Lipinski definition) is 3. The molecule has 7 nitrogen and oxygen atoms in total. The lowest BCUT2D eigenvalue weighted by Crippen LogP contribution is -2.37. The zero-order valence-electron chi connectivity index (χ0n) is 21.2. The van der Waals surface area contributed by atoms with Gasteiger partial charge in [0, 0.05) is 11.3 Å². The second-order valence-corrected chi connectivity index (χ2v) is 9.85. The predicted molar refractivity (Wildman–Crippen MR) is 142 cm³/mol. The zero-order chi connectivity index (χ0) is 26.0. The molecule has 3 aromatic carbocycles. The fourth-order valence-electron chi connectivity index (χ4n) is 4.85. The van der Waals surface area contributed by atoms with Crippen molar-refractivity contribution in [1.82, 2.24) is 5.32 Å². The second-order valence-electron chi connectivity index (χ2n) is 9.85. The summed E-state index contributed by atoms with van der Waals surface area (Å²) in [6.45, 7) is 4.17. The van der Waals surface area contributed by atoms with Crippen LogP contribution in [0.5, 0.6) is 11.5 Å². The number of benzene rings is 3. The molecule has 5 rings (SSSR count). The SMILES string of the molecule is CCC[C@@H](CO)NC(=O)c1ccc(-c2cc(NC(=O)C3(c4ccc5c(c4)OCO5)CC3)ccc2C)cc1. The molecule has 1 aliphatic heterocycles. The average Bonchev–Trinajstić information content (AvgIpc) is 3.60. The number of nitrogens with one attached hydrogen (secondary N) is 2. The summed E-state index contributed by atoms with van der Waals surface area (Å²) in [5.41, 5.74) is 4.66. The van der Waals surface area contributed by atoms with Crippen LogP contribution < -0.4 is 20.1 Å². The molecule has 0 unspecified atom stereocenters. The molecule has 3 N–H and O–H groups in total. The van der Waals surface area contributed by atoms with E-state index in [1.807, 2.05) is 62.4 Å². The number of rotatable bonds is 9. The summed E-state index contributed by atoms with van der Waals surface area (Å²) in [5, 5.41) is 15.5. The van der Waals surface area contributed by atoms with Gasteiger partial charge in [-0.1, -0.05) is 37.6 Å². The number of fused-ring (bicyclic) bond motifs is 1. The van der Waals surface area contributed by atoms with Gasteiger partial charge in [-0.25, -0.2) is 0 Å². The van der Waals surface area contributed by atoms with E-state index in [-0.39, 0.29) is 31.3 Å². The third-order valence-corrected chi connectivity index (χ3v) is 7.26. The summed E-state index contributed by atoms with van der Waals surface area (Å²) >= 11 is 0. The molecular weight excluding hydrogens is 468 g/mol. The summed E-state index contributed by atoms with van der Waals surface area (Å²) in [6.07, 6.45) is 3.19. The molecule has 1 saturated carbocycles. The Morgan fingerprint density at radius 3 is 2.46 bits per heavy atom. The van der Waals surface area contributed by atoms with Crippen LogP contribution >= 0.6 is 0 Å². The summed E-state index contributed by atoms with van der Waals surface area (Å²) in [5.74, 6) is 1.16. The van der Waals surface area contributed by atoms with E-state index >= 15 is 0 Å². The van der Waals surface area contributed by atoms with Crippen LogP contribution in [0.4, 0.5) is 5.69 Å². The Morgan fingerprint density at radius 1 is 1.00 bits per heavy atom. The quantitative estimate of drug-likeness (QED) is 0.386. The highest BCUT2D eigenvalue weighted by Gasteiger charge is 2.51. The van der Waals surface area contributed by atoms with Crippen molar-refractivity contribution in [3.8, 4) is 22.6 Å². The Bertz CT molecular complexity index is 1310. The second kappa shape index (κ2) is 10.3. The largest absolute Gasteiger partial charge is 0.454 e. The Morgan fingerprint density at radius 2 is 1.76 bits per heavy atom. The van der Waals surface area contributed by atoms with Crippen LogP contribution in [0.25, 0.3) is 11.1 Å². The summed E-state index contributed by atoms with van der Waals surface area (Å²) in [4.78, 5) is 25.9. The van der Waals surface area contributed by atoms with E-state index in [1.165, 1.54) is 0 Å². The fourth-order valence-corrected chi connectivity index (χ4v) is 4.85. The van der Waals surface area contributed by atoms with Crippen molar-refractivity contribution >= 4 is 17.5 Å². The van der Waals surface area contributed by atoms with Crippen LogP contribution in [0.3, 0.4) is 0 Å². The molecule has 0 saturated heterocycles. The van der Waals surface area contributed by atoms with Crippen molar-refractivity contribution in [2.75, 3.05) is 18.7 Å². The van der Waals surface area contributed by atoms with Crippen molar-refractivity contribution in [2.24, 2.45) is 0 Å². The maximum absolute atomic E-state index is 13.4. The van der Waals surface area contributed by atoms with E-state index in [0.29, 0.717) is 17.1 Å². The number of amides is 2. The van der Waals surface area contributed by atoms with Gasteiger partial charge in [0.1, 0.15) is 0 Å². The standard InChI is InChI=1S/C30H32N2O5/c1-3-4-24(17-33)31-28(34)21-8-6-20(7-9-21)25-16-23(11-5-19(25)2)32-29(35)30(13-14-30)22-10-12-26-27(15-22)37-18-36-26/h5-12,15-16,24,33H,3-4,13-14,17-18H2,1-2H3,(H,31,34)(H,32,35)/t24-/m0/s1. The van der Waals surface area contributed by atoms with Crippen molar-refractivity contribution in [3.05, 3.63) is 77.4 Å². The van der Waals surface area contributed by atoms with Crippen LogP contribution in [0.1, 0.15) is 54.1 Å². The van der Waals surface area contributed by atoms with Crippen molar-refractivity contribution < 1.29 is 24.2 Å². The molecule has 7 heteroatoms. The minimum Gasteiger partial charge on any atom is -0.454 e. The van der Waals surface area contributed by atoms with Crippen LogP contribution in [-0.4, -0.2) is 36.4 Å². The monoisotopic (exact) mass is 500 g/mol. The maximum atomic E-state index is 13.4. The van der Waals surface area contributed by atoms with Gasteiger partial charge in [-0.15, -0.1) is 0 Å². The number of ether oxygens (including phenoxy) is 2. The summed E-state index contributed by atoms with van der Waals surface area (Å²) in [6, 6.07) is 18.8. The maximum Gasteiger partial charge on any atom is 0.251 e. The van der Waals surface area contributed by atoms with Gasteiger partial charge in [-0.2, -0.15) is 0 Å². The molecular formula is C30H32N2O5. The first-order valence-electron chi connectivity index (χ1n) is 12.8. The third kappa shape index (κ3) is 5.04. The fraction of sp³-hybridized carbons (Fsp3) is 0.333. The van der Waals surface area contributed by atoms with Gasteiger partial charge >= 0.3 is 0 Å². The van der Waals surface area contributed by atoms with Crippen LogP contribution in [0.2, 0.25) is 0 Å². The van der Waals surface area contributed by atoms with Gasteiger partial charge < -0.3 is 25.2 Å². The first-order valence-corrected chi connectivity index (χ1v) is 12.8. The number of carbonyl (C=O) groups excluding carboxylic acids is 2. The lowest BCUT2D eigenvalue weighted by atomic mass is 9.94. The van der Waals surface area contributed by atoms with Gasteiger partial charge in [0.2, 0.25) is 12.7 Å². The smallest absolute Gasteiger partial charge is 0.251 e. The number of anilines is 1. The van der Waals surface area contributed by atoms with E-state index in [2.05, 4.69) is 10.6 Å².